The molecular weight excluding hydrogens is 260 g/mol. The van der Waals surface area contributed by atoms with Crippen LogP contribution in [0.2, 0.25) is 0 Å². The van der Waals surface area contributed by atoms with Crippen LogP contribution in [0.1, 0.15) is 40.0 Å². The second-order valence-corrected chi connectivity index (χ2v) is 6.56. The summed E-state index contributed by atoms with van der Waals surface area (Å²) in [6.07, 6.45) is 2.00. The molecule has 2 atom stereocenters. The Morgan fingerprint density at radius 3 is 2.60 bits per heavy atom. The molecule has 1 aliphatic carbocycles. The molecule has 1 aliphatic heterocycles. The molecule has 1 heterocycles. The van der Waals surface area contributed by atoms with Crippen LogP contribution >= 0.6 is 0 Å². The Morgan fingerprint density at radius 2 is 2.10 bits per heavy atom. The lowest BCUT2D eigenvalue weighted by Gasteiger charge is -2.42. The van der Waals surface area contributed by atoms with Crippen molar-refractivity contribution in [3.63, 3.8) is 0 Å². The molecule has 2 amide bonds. The fourth-order valence-corrected chi connectivity index (χ4v) is 2.88. The van der Waals surface area contributed by atoms with Crippen LogP contribution in [0.3, 0.4) is 0 Å². The number of aliphatic carboxylic acids is 1. The number of carbonyl (C=O) groups excluding carboxylic acids is 1. The quantitative estimate of drug-likeness (QED) is 0.819. The van der Waals surface area contributed by atoms with E-state index in [1.165, 1.54) is 0 Å². The molecule has 2 N–H and O–H groups in total. The van der Waals surface area contributed by atoms with Gasteiger partial charge >= 0.3 is 12.0 Å². The summed E-state index contributed by atoms with van der Waals surface area (Å²) in [7, 11) is 0. The van der Waals surface area contributed by atoms with E-state index >= 15 is 0 Å². The van der Waals surface area contributed by atoms with E-state index in [1.54, 1.807) is 4.90 Å². The number of rotatable bonds is 4. The average Bonchev–Trinajstić information content (AvgIpc) is 3.08. The van der Waals surface area contributed by atoms with Crippen molar-refractivity contribution in [2.45, 2.75) is 57.8 Å². The zero-order valence-electron chi connectivity index (χ0n) is 12.4. The molecular formula is C14H24N2O4. The summed E-state index contributed by atoms with van der Waals surface area (Å²) >= 11 is 0. The van der Waals surface area contributed by atoms with Crippen LogP contribution < -0.4 is 5.32 Å². The molecule has 20 heavy (non-hydrogen) atoms. The third-order valence-corrected chi connectivity index (χ3v) is 3.75. The van der Waals surface area contributed by atoms with Crippen molar-refractivity contribution in [2.24, 2.45) is 5.92 Å². The smallest absolute Gasteiger partial charge is 0.317 e. The summed E-state index contributed by atoms with van der Waals surface area (Å²) < 4.78 is 5.77. The first kappa shape index (κ1) is 15.1. The van der Waals surface area contributed by atoms with Gasteiger partial charge in [0.1, 0.15) is 0 Å². The van der Waals surface area contributed by atoms with Crippen molar-refractivity contribution in [3.8, 4) is 0 Å². The van der Waals surface area contributed by atoms with Crippen LogP contribution in [-0.4, -0.2) is 52.8 Å². The molecule has 1 saturated carbocycles. The third-order valence-electron chi connectivity index (χ3n) is 3.75. The van der Waals surface area contributed by atoms with E-state index in [0.29, 0.717) is 19.0 Å². The predicted molar refractivity (Wildman–Crippen MR) is 73.5 cm³/mol. The first-order valence-corrected chi connectivity index (χ1v) is 7.22. The second-order valence-electron chi connectivity index (χ2n) is 6.56. The van der Waals surface area contributed by atoms with E-state index in [-0.39, 0.29) is 30.2 Å². The van der Waals surface area contributed by atoms with E-state index in [1.807, 2.05) is 20.8 Å². The maximum atomic E-state index is 12.3. The van der Waals surface area contributed by atoms with Gasteiger partial charge < -0.3 is 20.1 Å². The number of amides is 2. The van der Waals surface area contributed by atoms with Crippen molar-refractivity contribution < 1.29 is 19.4 Å². The molecule has 2 unspecified atom stereocenters. The van der Waals surface area contributed by atoms with Crippen LogP contribution in [0.4, 0.5) is 4.79 Å². The predicted octanol–water partition coefficient (Wildman–Crippen LogP) is 1.45. The molecule has 6 heteroatoms. The van der Waals surface area contributed by atoms with E-state index in [2.05, 4.69) is 5.32 Å². The third kappa shape index (κ3) is 4.10. The number of carboxylic acids is 1. The number of hydrogen-bond donors (Lipinski definition) is 2. The van der Waals surface area contributed by atoms with E-state index in [0.717, 1.165) is 12.8 Å². The lowest BCUT2D eigenvalue weighted by atomic mass is 10.1. The van der Waals surface area contributed by atoms with Crippen molar-refractivity contribution in [1.82, 2.24) is 10.2 Å². The Hall–Kier alpha value is -1.30. The van der Waals surface area contributed by atoms with Crippen LogP contribution in [0.5, 0.6) is 0 Å². The molecule has 0 radical (unpaired) electrons. The Balaban J connectivity index is 1.94. The lowest BCUT2D eigenvalue weighted by molar-refractivity contribution is -0.137. The summed E-state index contributed by atoms with van der Waals surface area (Å²) in [4.78, 5) is 24.9. The highest BCUT2D eigenvalue weighted by atomic mass is 16.5. The average molecular weight is 284 g/mol. The van der Waals surface area contributed by atoms with E-state index in [9.17, 15) is 9.59 Å². The second kappa shape index (κ2) is 5.60. The fraction of sp³-hybridized carbons (Fsp3) is 0.857. The number of urea groups is 1. The fourth-order valence-electron chi connectivity index (χ4n) is 2.88. The summed E-state index contributed by atoms with van der Waals surface area (Å²) in [5, 5.41) is 11.8. The van der Waals surface area contributed by atoms with Gasteiger partial charge in [0.25, 0.3) is 0 Å². The molecule has 2 aliphatic rings. The van der Waals surface area contributed by atoms with Crippen molar-refractivity contribution in [1.29, 1.82) is 0 Å². The van der Waals surface area contributed by atoms with Crippen LogP contribution in [0.15, 0.2) is 0 Å². The molecule has 0 aromatic carbocycles. The standard InChI is InChI=1S/C14H24N2O4/c1-9-7-16(8-14(2,3)20-9)13(19)15-11(6-12(17)18)10-4-5-10/h9-11H,4-8H2,1-3H3,(H,15,19)(H,17,18). The summed E-state index contributed by atoms with van der Waals surface area (Å²) in [6.45, 7) is 6.92. The number of hydrogen-bond acceptors (Lipinski definition) is 3. The highest BCUT2D eigenvalue weighted by Crippen LogP contribution is 2.34. The highest BCUT2D eigenvalue weighted by molar-refractivity contribution is 5.76. The molecule has 0 aromatic heterocycles. The Morgan fingerprint density at radius 1 is 1.45 bits per heavy atom. The molecule has 114 valence electrons. The van der Waals surface area contributed by atoms with Crippen molar-refractivity contribution in [3.05, 3.63) is 0 Å². The van der Waals surface area contributed by atoms with Gasteiger partial charge in [-0.2, -0.15) is 0 Å². The highest BCUT2D eigenvalue weighted by Gasteiger charge is 2.37. The molecule has 0 aromatic rings. The van der Waals surface area contributed by atoms with Crippen LogP contribution in [-0.2, 0) is 9.53 Å². The minimum absolute atomic E-state index is 0.000304. The molecule has 2 fully saturated rings. The van der Waals surface area contributed by atoms with Crippen molar-refractivity contribution >= 4 is 12.0 Å². The number of nitrogens with zero attached hydrogens (tertiary/aromatic N) is 1. The first-order valence-electron chi connectivity index (χ1n) is 7.22. The summed E-state index contributed by atoms with van der Waals surface area (Å²) in [5.41, 5.74) is -0.364. The van der Waals surface area contributed by atoms with Gasteiger partial charge in [0.2, 0.25) is 0 Å². The monoisotopic (exact) mass is 284 g/mol. The SMILES string of the molecule is CC1CN(C(=O)NC(CC(=O)O)C2CC2)CC(C)(C)O1. The Labute approximate surface area is 119 Å². The molecule has 0 spiro atoms. The van der Waals surface area contributed by atoms with Gasteiger partial charge in [0, 0.05) is 12.6 Å². The van der Waals surface area contributed by atoms with Crippen molar-refractivity contribution in [2.75, 3.05) is 13.1 Å². The minimum Gasteiger partial charge on any atom is -0.481 e. The van der Waals surface area contributed by atoms with Gasteiger partial charge in [-0.25, -0.2) is 4.79 Å². The van der Waals surface area contributed by atoms with E-state index < -0.39 is 5.97 Å². The van der Waals surface area contributed by atoms with Gasteiger partial charge in [0.05, 0.1) is 24.7 Å². The van der Waals surface area contributed by atoms with Gasteiger partial charge in [-0.3, -0.25) is 4.79 Å². The maximum Gasteiger partial charge on any atom is 0.317 e. The topological polar surface area (TPSA) is 78.9 Å². The Kier molecular flexibility index (Phi) is 4.22. The number of nitrogens with one attached hydrogen (secondary N) is 1. The lowest BCUT2D eigenvalue weighted by Crippen LogP contribution is -2.57. The van der Waals surface area contributed by atoms with Gasteiger partial charge in [-0.15, -0.1) is 0 Å². The summed E-state index contributed by atoms with van der Waals surface area (Å²) in [6, 6.07) is -0.423. The summed E-state index contributed by atoms with van der Waals surface area (Å²) in [5.74, 6) is -0.542. The Bertz CT molecular complexity index is 393. The van der Waals surface area contributed by atoms with Gasteiger partial charge in [-0.1, -0.05) is 0 Å². The molecule has 2 rings (SSSR count). The number of carboxylic acid groups (broad SMARTS) is 1. The number of carbonyl (C=O) groups is 2. The minimum atomic E-state index is -0.863. The van der Waals surface area contributed by atoms with Crippen LogP contribution in [0.25, 0.3) is 0 Å². The molecule has 6 nitrogen and oxygen atoms in total. The van der Waals surface area contributed by atoms with Gasteiger partial charge in [-0.05, 0) is 39.5 Å². The zero-order valence-corrected chi connectivity index (χ0v) is 12.4. The number of ether oxygens (including phenoxy) is 1. The molecule has 1 saturated heterocycles. The number of morpholine rings is 1. The maximum absolute atomic E-state index is 12.3. The first-order chi connectivity index (χ1) is 9.27. The largest absolute Gasteiger partial charge is 0.481 e. The molecule has 0 bridgehead atoms. The van der Waals surface area contributed by atoms with Crippen LogP contribution in [0, 0.1) is 5.92 Å². The zero-order chi connectivity index (χ0) is 14.9. The van der Waals surface area contributed by atoms with Gasteiger partial charge in [0.15, 0.2) is 0 Å². The normalized spacial score (nSPS) is 26.9. The van der Waals surface area contributed by atoms with E-state index in [4.69, 9.17) is 9.84 Å².